The highest BCUT2D eigenvalue weighted by Crippen LogP contribution is 2.32. The van der Waals surface area contributed by atoms with E-state index in [1.54, 1.807) is 40.0 Å². The molecule has 0 bridgehead atoms. The van der Waals surface area contributed by atoms with E-state index in [-0.39, 0.29) is 11.6 Å². The molecule has 0 atom stereocenters. The number of carbonyl (C=O) groups is 2. The summed E-state index contributed by atoms with van der Waals surface area (Å²) in [5, 5.41) is 3.12. The van der Waals surface area contributed by atoms with Gasteiger partial charge in [-0.1, -0.05) is 12.8 Å². The number of imidazole rings is 1. The molecule has 0 aliphatic carbocycles. The van der Waals surface area contributed by atoms with Crippen molar-refractivity contribution in [3.05, 3.63) is 52.4 Å². The van der Waals surface area contributed by atoms with Gasteiger partial charge in [-0.15, -0.1) is 11.3 Å². The summed E-state index contributed by atoms with van der Waals surface area (Å²) in [5.41, 5.74) is 1.24. The Bertz CT molecular complexity index is 1120. The van der Waals surface area contributed by atoms with Crippen LogP contribution in [0.2, 0.25) is 0 Å². The predicted octanol–water partition coefficient (Wildman–Crippen LogP) is 4.26. The predicted molar refractivity (Wildman–Crippen MR) is 117 cm³/mol. The number of aromatic nitrogens is 3. The molecular weight excluding hydrogens is 455 g/mol. The Morgan fingerprint density at radius 1 is 1.18 bits per heavy atom. The molecule has 11 heteroatoms. The van der Waals surface area contributed by atoms with Gasteiger partial charge in [0.2, 0.25) is 0 Å². The average Bonchev–Trinajstić information content (AvgIpc) is 3.48. The van der Waals surface area contributed by atoms with E-state index in [2.05, 4.69) is 15.3 Å². The summed E-state index contributed by atoms with van der Waals surface area (Å²) in [6.45, 7) is 1.63. The number of alkyl halides is 3. The van der Waals surface area contributed by atoms with E-state index >= 15 is 0 Å². The number of amides is 2. The number of carbonyl (C=O) groups excluding carboxylic acids is 2. The fourth-order valence-corrected chi connectivity index (χ4v) is 4.67. The number of unbranched alkanes of at least 4 members (excludes halogenated alkanes) is 1. The topological polar surface area (TPSA) is 79.6 Å². The Hall–Kier alpha value is -2.95. The number of pyridine rings is 1. The number of likely N-dealkylation sites (tertiary alicyclic amines) is 1. The summed E-state index contributed by atoms with van der Waals surface area (Å²) >= 11 is 0.449. The zero-order valence-electron chi connectivity index (χ0n) is 17.8. The molecule has 1 aliphatic heterocycles. The van der Waals surface area contributed by atoms with Crippen molar-refractivity contribution in [3.8, 4) is 0 Å². The maximum absolute atomic E-state index is 12.7. The van der Waals surface area contributed by atoms with Crippen LogP contribution < -0.4 is 5.32 Å². The van der Waals surface area contributed by atoms with Gasteiger partial charge in [-0.05, 0) is 37.3 Å². The molecule has 0 saturated carbocycles. The van der Waals surface area contributed by atoms with Crippen LogP contribution in [0.5, 0.6) is 0 Å². The van der Waals surface area contributed by atoms with Gasteiger partial charge < -0.3 is 14.6 Å². The summed E-state index contributed by atoms with van der Waals surface area (Å²) in [6, 6.07) is 3.55. The van der Waals surface area contributed by atoms with E-state index in [9.17, 15) is 22.8 Å². The maximum atomic E-state index is 12.7. The summed E-state index contributed by atoms with van der Waals surface area (Å²) < 4.78 is 39.9. The summed E-state index contributed by atoms with van der Waals surface area (Å²) in [6.07, 6.45) is 5.15. The molecule has 176 valence electrons. The molecule has 1 aliphatic rings. The van der Waals surface area contributed by atoms with Crippen LogP contribution in [0.3, 0.4) is 0 Å². The standard InChI is InChI=1S/C22H24F3N5O2S/c23-22(24,25)21-28-17(14-33-21)20(32)29-10-6-15(7-11-29)3-1-2-8-27-19(31)16-4-5-18-26-9-12-30(18)13-16/h4-5,9,12-15H,1-3,6-8,10-11H2,(H,27,31). The van der Waals surface area contributed by atoms with Crippen molar-refractivity contribution >= 4 is 28.8 Å². The largest absolute Gasteiger partial charge is 0.443 e. The minimum Gasteiger partial charge on any atom is -0.352 e. The molecular formula is C22H24F3N5O2S. The van der Waals surface area contributed by atoms with E-state index < -0.39 is 17.1 Å². The van der Waals surface area contributed by atoms with Crippen molar-refractivity contribution in [2.45, 2.75) is 38.3 Å². The van der Waals surface area contributed by atoms with Crippen LogP contribution in [0, 0.1) is 5.92 Å². The number of piperidine rings is 1. The van der Waals surface area contributed by atoms with Crippen molar-refractivity contribution in [2.24, 2.45) is 5.92 Å². The first-order valence-electron chi connectivity index (χ1n) is 10.8. The maximum Gasteiger partial charge on any atom is 0.443 e. The Morgan fingerprint density at radius 2 is 1.97 bits per heavy atom. The van der Waals surface area contributed by atoms with E-state index in [1.807, 2.05) is 0 Å². The molecule has 0 radical (unpaired) electrons. The van der Waals surface area contributed by atoms with Crippen LogP contribution in [0.15, 0.2) is 36.1 Å². The molecule has 4 rings (SSSR count). The quantitative estimate of drug-likeness (QED) is 0.514. The van der Waals surface area contributed by atoms with Crippen molar-refractivity contribution in [3.63, 3.8) is 0 Å². The Labute approximate surface area is 192 Å². The molecule has 2 amide bonds. The minimum atomic E-state index is -4.52. The van der Waals surface area contributed by atoms with E-state index in [0.29, 0.717) is 42.5 Å². The van der Waals surface area contributed by atoms with E-state index in [4.69, 9.17) is 0 Å². The lowest BCUT2D eigenvalue weighted by atomic mass is 9.91. The monoisotopic (exact) mass is 479 g/mol. The van der Waals surface area contributed by atoms with Gasteiger partial charge in [-0.3, -0.25) is 9.59 Å². The molecule has 3 aromatic rings. The van der Waals surface area contributed by atoms with Crippen molar-refractivity contribution in [1.82, 2.24) is 24.6 Å². The SMILES string of the molecule is O=C(NCCCCC1CCN(C(=O)c2csc(C(F)(F)F)n2)CC1)c1ccc2nccn2c1. The third-order valence-corrected chi connectivity index (χ3v) is 6.73. The molecule has 0 aromatic carbocycles. The van der Waals surface area contributed by atoms with Gasteiger partial charge in [0.15, 0.2) is 5.01 Å². The van der Waals surface area contributed by atoms with Gasteiger partial charge in [0.05, 0.1) is 5.56 Å². The smallest absolute Gasteiger partial charge is 0.352 e. The highest BCUT2D eigenvalue weighted by atomic mass is 32.1. The van der Waals surface area contributed by atoms with Crippen LogP contribution in [-0.2, 0) is 6.18 Å². The zero-order valence-corrected chi connectivity index (χ0v) is 18.7. The number of fused-ring (bicyclic) bond motifs is 1. The lowest BCUT2D eigenvalue weighted by Gasteiger charge is -2.31. The third kappa shape index (κ3) is 5.70. The second-order valence-electron chi connectivity index (χ2n) is 8.13. The third-order valence-electron chi connectivity index (χ3n) is 5.84. The molecule has 0 unspecified atom stereocenters. The Kier molecular flexibility index (Phi) is 6.96. The van der Waals surface area contributed by atoms with Crippen LogP contribution in [0.4, 0.5) is 13.2 Å². The summed E-state index contributed by atoms with van der Waals surface area (Å²) in [5.74, 6) is -0.0838. The molecule has 33 heavy (non-hydrogen) atoms. The van der Waals surface area contributed by atoms with Crippen molar-refractivity contribution in [2.75, 3.05) is 19.6 Å². The van der Waals surface area contributed by atoms with Gasteiger partial charge in [-0.2, -0.15) is 13.2 Å². The van der Waals surface area contributed by atoms with E-state index in [1.165, 1.54) is 5.38 Å². The van der Waals surface area contributed by atoms with E-state index in [0.717, 1.165) is 37.8 Å². The summed E-state index contributed by atoms with van der Waals surface area (Å²) in [7, 11) is 0. The Morgan fingerprint density at radius 3 is 2.70 bits per heavy atom. The van der Waals surface area contributed by atoms with Crippen molar-refractivity contribution < 1.29 is 22.8 Å². The first-order chi connectivity index (χ1) is 15.8. The van der Waals surface area contributed by atoms with Crippen LogP contribution in [0.25, 0.3) is 5.65 Å². The zero-order chi connectivity index (χ0) is 23.4. The fourth-order valence-electron chi connectivity index (χ4n) is 4.01. The number of halogens is 3. The first-order valence-corrected chi connectivity index (χ1v) is 11.7. The average molecular weight is 480 g/mol. The van der Waals surface area contributed by atoms with Crippen molar-refractivity contribution in [1.29, 1.82) is 0 Å². The summed E-state index contributed by atoms with van der Waals surface area (Å²) in [4.78, 5) is 33.9. The molecule has 7 nitrogen and oxygen atoms in total. The second-order valence-corrected chi connectivity index (χ2v) is 8.99. The molecule has 4 heterocycles. The fraction of sp³-hybridized carbons (Fsp3) is 0.455. The van der Waals surface area contributed by atoms with Crippen LogP contribution in [0.1, 0.15) is 58.0 Å². The molecule has 1 fully saturated rings. The van der Waals surface area contributed by atoms with Gasteiger partial charge >= 0.3 is 6.18 Å². The number of nitrogens with one attached hydrogen (secondary N) is 1. The lowest BCUT2D eigenvalue weighted by Crippen LogP contribution is -2.38. The number of rotatable bonds is 7. The molecule has 1 N–H and O–H groups in total. The molecule has 1 saturated heterocycles. The number of hydrogen-bond acceptors (Lipinski definition) is 5. The highest BCUT2D eigenvalue weighted by Gasteiger charge is 2.36. The van der Waals surface area contributed by atoms with Crippen LogP contribution >= 0.6 is 11.3 Å². The molecule has 0 spiro atoms. The van der Waals surface area contributed by atoms with Crippen LogP contribution in [-0.4, -0.2) is 50.7 Å². The van der Waals surface area contributed by atoms with Gasteiger partial charge in [-0.25, -0.2) is 9.97 Å². The normalized spacial score (nSPS) is 15.2. The first kappa shape index (κ1) is 23.2. The second kappa shape index (κ2) is 9.90. The Balaban J connectivity index is 1.14. The molecule has 3 aromatic heterocycles. The lowest BCUT2D eigenvalue weighted by molar-refractivity contribution is -0.137. The number of thiazole rings is 1. The number of nitrogens with zero attached hydrogens (tertiary/aromatic N) is 4. The highest BCUT2D eigenvalue weighted by molar-refractivity contribution is 7.09. The van der Waals surface area contributed by atoms with Gasteiger partial charge in [0, 0.05) is 43.6 Å². The number of hydrogen-bond donors (Lipinski definition) is 1. The van der Waals surface area contributed by atoms with Gasteiger partial charge in [0.25, 0.3) is 11.8 Å². The minimum absolute atomic E-state index is 0.117. The van der Waals surface area contributed by atoms with Gasteiger partial charge in [0.1, 0.15) is 11.3 Å².